The van der Waals surface area contributed by atoms with Gasteiger partial charge in [-0.2, -0.15) is 0 Å². The second-order valence-corrected chi connectivity index (χ2v) is 6.72. The summed E-state index contributed by atoms with van der Waals surface area (Å²) >= 11 is 0. The van der Waals surface area contributed by atoms with E-state index in [9.17, 15) is 14.7 Å². The minimum atomic E-state index is -0.640. The highest BCUT2D eigenvalue weighted by atomic mass is 16.5. The van der Waals surface area contributed by atoms with Crippen molar-refractivity contribution < 1.29 is 24.2 Å². The van der Waals surface area contributed by atoms with Crippen molar-refractivity contribution in [1.29, 1.82) is 0 Å². The van der Waals surface area contributed by atoms with Crippen LogP contribution in [0.4, 0.5) is 0 Å². The van der Waals surface area contributed by atoms with Crippen LogP contribution < -0.4 is 0 Å². The normalized spacial score (nSPS) is 13.2. The van der Waals surface area contributed by atoms with Gasteiger partial charge in [-0.15, -0.1) is 0 Å². The predicted molar refractivity (Wildman–Crippen MR) is 104 cm³/mol. The van der Waals surface area contributed by atoms with Crippen LogP contribution in [0, 0.1) is 5.92 Å². The van der Waals surface area contributed by atoms with Crippen molar-refractivity contribution >= 4 is 11.9 Å². The molecule has 1 atom stereocenters. The summed E-state index contributed by atoms with van der Waals surface area (Å²) in [5.41, 5.74) is 0.692. The van der Waals surface area contributed by atoms with E-state index in [1.165, 1.54) is 13.2 Å². The lowest BCUT2D eigenvalue weighted by atomic mass is 9.96. The molecule has 5 nitrogen and oxygen atoms in total. The minimum absolute atomic E-state index is 0.0501. The third-order valence-corrected chi connectivity index (χ3v) is 4.10. The van der Waals surface area contributed by atoms with Gasteiger partial charge in [-0.25, -0.2) is 4.79 Å². The van der Waals surface area contributed by atoms with E-state index in [4.69, 9.17) is 4.74 Å². The molecule has 0 radical (unpaired) electrons. The Hall–Kier alpha value is -1.62. The van der Waals surface area contributed by atoms with E-state index in [2.05, 4.69) is 10.8 Å². The summed E-state index contributed by atoms with van der Waals surface area (Å²) in [6.45, 7) is 5.94. The van der Waals surface area contributed by atoms with Crippen molar-refractivity contribution in [3.05, 3.63) is 23.8 Å². The smallest absolute Gasteiger partial charge is 0.330 e. The van der Waals surface area contributed by atoms with Crippen LogP contribution in [0.3, 0.4) is 0 Å². The van der Waals surface area contributed by atoms with Crippen molar-refractivity contribution in [1.82, 2.24) is 0 Å². The summed E-state index contributed by atoms with van der Waals surface area (Å²) in [5.74, 6) is -0.486. The van der Waals surface area contributed by atoms with Gasteiger partial charge in [-0.1, -0.05) is 45.3 Å². The topological polar surface area (TPSA) is 72.8 Å². The molecule has 0 rings (SSSR count). The van der Waals surface area contributed by atoms with Gasteiger partial charge in [0, 0.05) is 12.5 Å². The Morgan fingerprint density at radius 1 is 1.04 bits per heavy atom. The molecule has 0 aromatic rings. The average molecular weight is 369 g/mol. The van der Waals surface area contributed by atoms with Crippen LogP contribution in [-0.4, -0.2) is 36.9 Å². The van der Waals surface area contributed by atoms with Gasteiger partial charge in [0.25, 0.3) is 0 Å². The van der Waals surface area contributed by atoms with E-state index in [-0.39, 0.29) is 11.9 Å². The first-order chi connectivity index (χ1) is 12.4. The van der Waals surface area contributed by atoms with E-state index in [0.717, 1.165) is 38.5 Å². The van der Waals surface area contributed by atoms with Crippen LogP contribution in [0.1, 0.15) is 72.1 Å². The summed E-state index contributed by atoms with van der Waals surface area (Å²) in [6.07, 6.45) is 12.2. The molecule has 0 aliphatic rings. The Balaban J connectivity index is 4.09. The van der Waals surface area contributed by atoms with Crippen LogP contribution in [0.5, 0.6) is 0 Å². The molecule has 0 aliphatic heterocycles. The summed E-state index contributed by atoms with van der Waals surface area (Å²) in [6, 6.07) is 0. The molecular weight excluding hydrogens is 332 g/mol. The van der Waals surface area contributed by atoms with Gasteiger partial charge in [0.15, 0.2) is 0 Å². The zero-order valence-corrected chi connectivity index (χ0v) is 16.8. The van der Waals surface area contributed by atoms with E-state index >= 15 is 0 Å². The Kier molecular flexibility index (Phi) is 14.6. The molecule has 0 saturated heterocycles. The fraction of sp³-hybridized carbons (Fsp3) is 0.714. The second kappa shape index (κ2) is 15.6. The number of carbonyl (C=O) groups is 2. The number of carbonyl (C=O) groups excluding carboxylic acids is 2. The number of rotatable bonds is 14. The molecule has 0 fully saturated rings. The van der Waals surface area contributed by atoms with E-state index < -0.39 is 12.1 Å². The van der Waals surface area contributed by atoms with Gasteiger partial charge in [0.05, 0.1) is 19.8 Å². The zero-order chi connectivity index (χ0) is 19.8. The van der Waals surface area contributed by atoms with Crippen LogP contribution in [0.15, 0.2) is 23.8 Å². The monoisotopic (exact) mass is 368 g/mol. The highest BCUT2D eigenvalue weighted by Gasteiger charge is 2.15. The second-order valence-electron chi connectivity index (χ2n) is 6.72. The van der Waals surface area contributed by atoms with Gasteiger partial charge < -0.3 is 14.6 Å². The first-order valence-corrected chi connectivity index (χ1v) is 9.69. The molecule has 1 unspecified atom stereocenters. The highest BCUT2D eigenvalue weighted by molar-refractivity contribution is 5.83. The molecule has 5 heteroatoms. The fourth-order valence-electron chi connectivity index (χ4n) is 2.53. The number of aliphatic hydroxyl groups excluding tert-OH is 1. The van der Waals surface area contributed by atoms with E-state index in [1.54, 1.807) is 6.92 Å². The number of hydrogen-bond acceptors (Lipinski definition) is 5. The molecule has 26 heavy (non-hydrogen) atoms. The molecule has 0 heterocycles. The Labute approximate surface area is 158 Å². The maximum Gasteiger partial charge on any atom is 0.330 e. The minimum Gasteiger partial charge on any atom is -0.469 e. The molecule has 0 saturated carbocycles. The molecule has 0 spiro atoms. The summed E-state index contributed by atoms with van der Waals surface area (Å²) in [5, 5.41) is 10.2. The van der Waals surface area contributed by atoms with Crippen LogP contribution >= 0.6 is 0 Å². The molecule has 1 N–H and O–H groups in total. The van der Waals surface area contributed by atoms with Gasteiger partial charge in [-0.3, -0.25) is 4.79 Å². The van der Waals surface area contributed by atoms with E-state index in [1.807, 2.05) is 19.9 Å². The van der Waals surface area contributed by atoms with Gasteiger partial charge in [-0.05, 0) is 44.1 Å². The number of aliphatic hydroxyl groups is 1. The van der Waals surface area contributed by atoms with Crippen molar-refractivity contribution in [3.8, 4) is 0 Å². The predicted octanol–water partition coefficient (Wildman–Crippen LogP) is 4.34. The van der Waals surface area contributed by atoms with Crippen molar-refractivity contribution in [3.63, 3.8) is 0 Å². The zero-order valence-electron chi connectivity index (χ0n) is 16.8. The number of ether oxygens (including phenoxy) is 2. The van der Waals surface area contributed by atoms with Crippen molar-refractivity contribution in [2.75, 3.05) is 13.7 Å². The van der Waals surface area contributed by atoms with E-state index in [0.29, 0.717) is 25.0 Å². The Bertz CT molecular complexity index is 451. The SMILES string of the molecule is CCOC(=O)/C=C(/C/C=C/CCCCCCCC(=O)OC)C(O)C(C)C. The molecule has 0 aliphatic carbocycles. The molecule has 150 valence electrons. The number of unbranched alkanes of at least 4 members (excludes halogenated alkanes) is 5. The lowest BCUT2D eigenvalue weighted by Crippen LogP contribution is -2.19. The fourth-order valence-corrected chi connectivity index (χ4v) is 2.53. The quantitative estimate of drug-likeness (QED) is 0.214. The maximum absolute atomic E-state index is 11.6. The maximum atomic E-state index is 11.6. The number of esters is 2. The van der Waals surface area contributed by atoms with Crippen LogP contribution in [0.2, 0.25) is 0 Å². The lowest BCUT2D eigenvalue weighted by molar-refractivity contribution is -0.140. The standard InChI is InChI=1S/C21H36O5/c1-5-26-20(23)16-18(21(24)17(2)3)14-12-10-8-6-7-9-11-13-15-19(22)25-4/h10,12,16-17,21,24H,5-9,11,13-15H2,1-4H3/b12-10+,18-16-. The summed E-state index contributed by atoms with van der Waals surface area (Å²) in [7, 11) is 1.42. The number of allylic oxidation sites excluding steroid dienone is 2. The first kappa shape index (κ1) is 24.4. The van der Waals surface area contributed by atoms with Crippen LogP contribution in [0.25, 0.3) is 0 Å². The summed E-state index contributed by atoms with van der Waals surface area (Å²) in [4.78, 5) is 22.6. The number of methoxy groups -OCH3 is 1. The third kappa shape index (κ3) is 12.7. The number of hydrogen-bond donors (Lipinski definition) is 1. The molecular formula is C21H36O5. The molecule has 0 bridgehead atoms. The van der Waals surface area contributed by atoms with Gasteiger partial charge in [0.1, 0.15) is 0 Å². The van der Waals surface area contributed by atoms with Gasteiger partial charge in [0.2, 0.25) is 0 Å². The average Bonchev–Trinajstić information content (AvgIpc) is 2.61. The largest absolute Gasteiger partial charge is 0.469 e. The summed E-state index contributed by atoms with van der Waals surface area (Å²) < 4.78 is 9.55. The highest BCUT2D eigenvalue weighted by Crippen LogP contribution is 2.17. The lowest BCUT2D eigenvalue weighted by Gasteiger charge is -2.17. The van der Waals surface area contributed by atoms with Crippen molar-refractivity contribution in [2.24, 2.45) is 5.92 Å². The van der Waals surface area contributed by atoms with Gasteiger partial charge >= 0.3 is 11.9 Å². The molecule has 0 aromatic heterocycles. The first-order valence-electron chi connectivity index (χ1n) is 9.69. The van der Waals surface area contributed by atoms with Crippen LogP contribution in [-0.2, 0) is 19.1 Å². The molecule has 0 aromatic carbocycles. The molecule has 0 amide bonds. The van der Waals surface area contributed by atoms with Crippen molar-refractivity contribution in [2.45, 2.75) is 78.2 Å². The Morgan fingerprint density at radius 2 is 1.69 bits per heavy atom. The Morgan fingerprint density at radius 3 is 2.31 bits per heavy atom. The third-order valence-electron chi connectivity index (χ3n) is 4.10.